The third-order valence-electron chi connectivity index (χ3n) is 12.3. The molecule has 1 amide bonds. The number of amides is 1. The third kappa shape index (κ3) is 45.9. The molecule has 0 aromatic heterocycles. The minimum atomic E-state index is -0.668. The van der Waals surface area contributed by atoms with Gasteiger partial charge in [0.05, 0.1) is 25.4 Å². The molecule has 0 saturated carbocycles. The van der Waals surface area contributed by atoms with E-state index in [1.165, 1.54) is 193 Å². The maximum atomic E-state index is 12.4. The molecule has 0 aromatic rings. The van der Waals surface area contributed by atoms with Gasteiger partial charge in [0.25, 0.3) is 0 Å². The summed E-state index contributed by atoms with van der Waals surface area (Å²) in [6.45, 7) is 4.90. The summed E-state index contributed by atoms with van der Waals surface area (Å²) in [5, 5.41) is 23.2. The highest BCUT2D eigenvalue weighted by Gasteiger charge is 2.20. The largest absolute Gasteiger partial charge is 0.466 e. The molecule has 0 rings (SSSR count). The number of allylic oxidation sites excluding steroid dienone is 4. The van der Waals surface area contributed by atoms with E-state index in [0.29, 0.717) is 25.9 Å². The summed E-state index contributed by atoms with van der Waals surface area (Å²) in [5.74, 6) is -0.0537. The van der Waals surface area contributed by atoms with Crippen molar-refractivity contribution in [1.82, 2.24) is 5.32 Å². The Bertz CT molecular complexity index is 935. The Morgan fingerprint density at radius 3 is 1.30 bits per heavy atom. The van der Waals surface area contributed by atoms with Crippen molar-refractivity contribution in [2.75, 3.05) is 13.2 Å². The molecule has 0 aliphatic heterocycles. The van der Waals surface area contributed by atoms with E-state index in [0.717, 1.165) is 57.8 Å². The van der Waals surface area contributed by atoms with Crippen LogP contribution in [0.1, 0.15) is 284 Å². The van der Waals surface area contributed by atoms with E-state index in [9.17, 15) is 19.8 Å². The van der Waals surface area contributed by atoms with Crippen molar-refractivity contribution in [3.8, 4) is 0 Å². The number of nitrogens with one attached hydrogen (secondary N) is 1. The van der Waals surface area contributed by atoms with E-state index in [1.54, 1.807) is 0 Å². The highest BCUT2D eigenvalue weighted by atomic mass is 16.5. The molecule has 0 heterocycles. The number of hydrogen-bond acceptors (Lipinski definition) is 5. The lowest BCUT2D eigenvalue weighted by atomic mass is 10.0. The second-order valence-electron chi connectivity index (χ2n) is 18.2. The first kappa shape index (κ1) is 58.3. The molecular weight excluding hydrogens is 743 g/mol. The smallest absolute Gasteiger partial charge is 0.305 e. The second kappa shape index (κ2) is 50.0. The minimum Gasteiger partial charge on any atom is -0.466 e. The number of aliphatic hydroxyl groups is 2. The average molecular weight is 846 g/mol. The fraction of sp³-hybridized carbons (Fsp3) is 0.889. The molecule has 0 spiro atoms. The van der Waals surface area contributed by atoms with Gasteiger partial charge < -0.3 is 20.3 Å². The van der Waals surface area contributed by atoms with Gasteiger partial charge in [0.1, 0.15) is 0 Å². The van der Waals surface area contributed by atoms with Crippen LogP contribution in [0.25, 0.3) is 0 Å². The zero-order valence-corrected chi connectivity index (χ0v) is 40.2. The van der Waals surface area contributed by atoms with E-state index in [2.05, 4.69) is 43.5 Å². The summed E-state index contributed by atoms with van der Waals surface area (Å²) in [6.07, 6.45) is 58.6. The monoisotopic (exact) mass is 846 g/mol. The Hall–Kier alpha value is -1.66. The Labute approximate surface area is 373 Å². The fourth-order valence-corrected chi connectivity index (χ4v) is 8.14. The zero-order chi connectivity index (χ0) is 43.7. The standard InChI is InChI=1S/C54H103NO5/c1-3-5-7-9-11-13-15-17-20-24-28-32-36-40-44-48-54(59)60-49-45-41-37-33-29-25-22-19-18-21-23-27-31-35-39-43-47-53(58)55-51(50-56)52(57)46-42-38-34-30-26-16-14-12-10-8-6-4-2/h11,13,17,20,51-52,56-57H,3-10,12,14-16,18-19,21-50H2,1-2H3,(H,55,58)/b13-11-,20-17-. The number of carbonyl (C=O) groups excluding carboxylic acids is 2. The normalized spacial score (nSPS) is 12.8. The highest BCUT2D eigenvalue weighted by molar-refractivity contribution is 5.76. The maximum absolute atomic E-state index is 12.4. The molecule has 0 saturated heterocycles. The first-order valence-electron chi connectivity index (χ1n) is 26.6. The summed E-state index contributed by atoms with van der Waals surface area (Å²) in [4.78, 5) is 24.5. The van der Waals surface area contributed by atoms with Gasteiger partial charge in [-0.2, -0.15) is 0 Å². The summed E-state index contributed by atoms with van der Waals surface area (Å²) in [6, 6.07) is -0.546. The molecule has 6 heteroatoms. The van der Waals surface area contributed by atoms with Gasteiger partial charge in [-0.1, -0.05) is 237 Å². The lowest BCUT2D eigenvalue weighted by Gasteiger charge is -2.22. The number of carbonyl (C=O) groups is 2. The predicted molar refractivity (Wildman–Crippen MR) is 260 cm³/mol. The molecule has 354 valence electrons. The van der Waals surface area contributed by atoms with Crippen LogP contribution in [0.15, 0.2) is 24.3 Å². The first-order chi connectivity index (χ1) is 29.5. The molecule has 2 unspecified atom stereocenters. The average Bonchev–Trinajstić information content (AvgIpc) is 3.25. The van der Waals surface area contributed by atoms with Crippen LogP contribution in [-0.2, 0) is 14.3 Å². The molecule has 0 aliphatic rings. The molecule has 0 bridgehead atoms. The van der Waals surface area contributed by atoms with E-state index in [1.807, 2.05) is 0 Å². The second-order valence-corrected chi connectivity index (χ2v) is 18.2. The molecule has 0 fully saturated rings. The van der Waals surface area contributed by atoms with Gasteiger partial charge in [0.15, 0.2) is 0 Å². The summed E-state index contributed by atoms with van der Waals surface area (Å²) in [5.41, 5.74) is 0. The first-order valence-corrected chi connectivity index (χ1v) is 26.6. The van der Waals surface area contributed by atoms with E-state index in [4.69, 9.17) is 4.74 Å². The number of rotatable bonds is 49. The van der Waals surface area contributed by atoms with Crippen LogP contribution >= 0.6 is 0 Å². The van der Waals surface area contributed by atoms with Gasteiger partial charge in [0, 0.05) is 12.8 Å². The highest BCUT2D eigenvalue weighted by Crippen LogP contribution is 2.16. The Morgan fingerprint density at radius 1 is 0.467 bits per heavy atom. The number of ether oxygens (including phenoxy) is 1. The number of unbranched alkanes of at least 4 members (excludes halogenated alkanes) is 34. The van der Waals surface area contributed by atoms with E-state index < -0.39 is 12.1 Å². The van der Waals surface area contributed by atoms with Crippen molar-refractivity contribution in [1.29, 1.82) is 0 Å². The van der Waals surface area contributed by atoms with Crippen LogP contribution < -0.4 is 5.32 Å². The van der Waals surface area contributed by atoms with E-state index >= 15 is 0 Å². The molecule has 0 aliphatic carbocycles. The predicted octanol–water partition coefficient (Wildman–Crippen LogP) is 15.9. The number of aliphatic hydroxyl groups excluding tert-OH is 2. The molecule has 3 N–H and O–H groups in total. The fourth-order valence-electron chi connectivity index (χ4n) is 8.14. The topological polar surface area (TPSA) is 95.9 Å². The SMILES string of the molecule is CCCCC/C=C\C/C=C\CCCCCCCC(=O)OCCCCCCCCCCCCCCCCCCC(=O)NC(CO)C(O)CCCCCCCCCCCCCC. The van der Waals surface area contributed by atoms with Crippen LogP contribution in [0.5, 0.6) is 0 Å². The van der Waals surface area contributed by atoms with Crippen molar-refractivity contribution in [3.05, 3.63) is 24.3 Å². The lowest BCUT2D eigenvalue weighted by molar-refractivity contribution is -0.143. The molecule has 2 atom stereocenters. The third-order valence-corrected chi connectivity index (χ3v) is 12.3. The van der Waals surface area contributed by atoms with Gasteiger partial charge in [-0.05, 0) is 57.8 Å². The Morgan fingerprint density at radius 2 is 0.833 bits per heavy atom. The molecule has 0 aromatic carbocycles. The lowest BCUT2D eigenvalue weighted by Crippen LogP contribution is -2.45. The number of esters is 1. The molecule has 60 heavy (non-hydrogen) atoms. The van der Waals surface area contributed by atoms with Crippen LogP contribution in [-0.4, -0.2) is 47.4 Å². The molecular formula is C54H103NO5. The molecule has 6 nitrogen and oxygen atoms in total. The van der Waals surface area contributed by atoms with E-state index in [-0.39, 0.29) is 18.5 Å². The van der Waals surface area contributed by atoms with Crippen molar-refractivity contribution in [2.24, 2.45) is 0 Å². The van der Waals surface area contributed by atoms with Crippen LogP contribution in [0.4, 0.5) is 0 Å². The summed E-state index contributed by atoms with van der Waals surface area (Å²) < 4.78 is 5.46. The van der Waals surface area contributed by atoms with Crippen LogP contribution in [0.2, 0.25) is 0 Å². The van der Waals surface area contributed by atoms with Crippen LogP contribution in [0.3, 0.4) is 0 Å². The van der Waals surface area contributed by atoms with Gasteiger partial charge in [-0.15, -0.1) is 0 Å². The van der Waals surface area contributed by atoms with Crippen molar-refractivity contribution >= 4 is 11.9 Å². The zero-order valence-electron chi connectivity index (χ0n) is 40.2. The van der Waals surface area contributed by atoms with Gasteiger partial charge in [-0.25, -0.2) is 0 Å². The quantitative estimate of drug-likeness (QED) is 0.0322. The minimum absolute atomic E-state index is 0.0110. The van der Waals surface area contributed by atoms with Crippen molar-refractivity contribution in [2.45, 2.75) is 296 Å². The Kier molecular flexibility index (Phi) is 48.6. The van der Waals surface area contributed by atoms with Gasteiger partial charge in [-0.3, -0.25) is 9.59 Å². The summed E-state index contributed by atoms with van der Waals surface area (Å²) in [7, 11) is 0. The molecule has 0 radical (unpaired) electrons. The summed E-state index contributed by atoms with van der Waals surface area (Å²) >= 11 is 0. The van der Waals surface area contributed by atoms with Crippen LogP contribution in [0, 0.1) is 0 Å². The Balaban J connectivity index is 3.42. The van der Waals surface area contributed by atoms with Gasteiger partial charge >= 0.3 is 5.97 Å². The van der Waals surface area contributed by atoms with Crippen molar-refractivity contribution < 1.29 is 24.5 Å². The maximum Gasteiger partial charge on any atom is 0.305 e. The number of hydrogen-bond donors (Lipinski definition) is 3. The van der Waals surface area contributed by atoms with Gasteiger partial charge in [0.2, 0.25) is 5.91 Å². The van der Waals surface area contributed by atoms with Crippen molar-refractivity contribution in [3.63, 3.8) is 0 Å².